The summed E-state index contributed by atoms with van der Waals surface area (Å²) in [4.78, 5) is 17.5. The van der Waals surface area contributed by atoms with E-state index in [0.717, 1.165) is 49.0 Å². The highest BCUT2D eigenvalue weighted by molar-refractivity contribution is 7.94. The fraction of sp³-hybridized carbons (Fsp3) is 0.240. The van der Waals surface area contributed by atoms with Crippen molar-refractivity contribution in [1.29, 1.82) is 0 Å². The zero-order valence-corrected chi connectivity index (χ0v) is 18.2. The smallest absolute Gasteiger partial charge is 0.196 e. The minimum atomic E-state index is -0.971. The Balaban J connectivity index is 1.58. The fourth-order valence-corrected chi connectivity index (χ4v) is 4.56. The third-order valence-corrected chi connectivity index (χ3v) is 7.20. The molecule has 0 radical (unpaired) electrons. The molecule has 4 aromatic rings. The third kappa shape index (κ3) is 2.81. The van der Waals surface area contributed by atoms with Gasteiger partial charge >= 0.3 is 0 Å². The van der Waals surface area contributed by atoms with Gasteiger partial charge in [0.15, 0.2) is 5.78 Å². The van der Waals surface area contributed by atoms with Crippen molar-refractivity contribution >= 4 is 39.6 Å². The molecule has 1 aliphatic rings. The lowest BCUT2D eigenvalue weighted by Gasteiger charge is -2.35. The number of H-pyrrole nitrogens is 1. The predicted molar refractivity (Wildman–Crippen MR) is 122 cm³/mol. The van der Waals surface area contributed by atoms with Crippen LogP contribution in [0.5, 0.6) is 0 Å². The standard InChI is InChI=1S/C25H23NO3S/c1-24(2,28)25(3,4)29-30-14-9-12-20-19(13-14)17-11-10-16-15-7-5-6-8-18(15)23(27)21(16)22(17)26-20/h5-13,26,28H,1-4H3. The number of fused-ring (bicyclic) bond motifs is 7. The van der Waals surface area contributed by atoms with Gasteiger partial charge in [-0.05, 0) is 57.0 Å². The zero-order chi connectivity index (χ0) is 21.3. The average Bonchev–Trinajstić information content (AvgIpc) is 3.21. The molecule has 0 amide bonds. The van der Waals surface area contributed by atoms with Crippen molar-refractivity contribution in [2.24, 2.45) is 0 Å². The van der Waals surface area contributed by atoms with E-state index in [9.17, 15) is 9.90 Å². The number of benzene rings is 3. The van der Waals surface area contributed by atoms with Crippen molar-refractivity contribution in [2.45, 2.75) is 43.8 Å². The van der Waals surface area contributed by atoms with Crippen molar-refractivity contribution in [2.75, 3.05) is 0 Å². The van der Waals surface area contributed by atoms with Gasteiger partial charge in [0.25, 0.3) is 0 Å². The van der Waals surface area contributed by atoms with Crippen LogP contribution in [-0.2, 0) is 4.18 Å². The van der Waals surface area contributed by atoms with E-state index in [1.54, 1.807) is 13.8 Å². The van der Waals surface area contributed by atoms with Gasteiger partial charge in [-0.2, -0.15) is 0 Å². The highest BCUT2D eigenvalue weighted by Crippen LogP contribution is 2.42. The molecule has 2 N–H and O–H groups in total. The van der Waals surface area contributed by atoms with Crippen LogP contribution in [0.2, 0.25) is 0 Å². The van der Waals surface area contributed by atoms with Crippen LogP contribution in [-0.4, -0.2) is 27.1 Å². The lowest BCUT2D eigenvalue weighted by molar-refractivity contribution is -0.0813. The molecule has 1 heterocycles. The molecule has 0 aliphatic heterocycles. The molecule has 152 valence electrons. The van der Waals surface area contributed by atoms with Crippen LogP contribution in [0.15, 0.2) is 59.5 Å². The van der Waals surface area contributed by atoms with Gasteiger partial charge in [0.1, 0.15) is 5.60 Å². The maximum absolute atomic E-state index is 13.1. The molecule has 4 nitrogen and oxygen atoms in total. The lowest BCUT2D eigenvalue weighted by Crippen LogP contribution is -2.45. The Morgan fingerprint density at radius 3 is 2.37 bits per heavy atom. The second kappa shape index (κ2) is 6.45. The lowest BCUT2D eigenvalue weighted by atomic mass is 9.90. The number of hydrogen-bond donors (Lipinski definition) is 2. The summed E-state index contributed by atoms with van der Waals surface area (Å²) in [7, 11) is 0. The highest BCUT2D eigenvalue weighted by Gasteiger charge is 2.37. The minimum Gasteiger partial charge on any atom is -0.387 e. The van der Waals surface area contributed by atoms with Crippen LogP contribution < -0.4 is 0 Å². The SMILES string of the molecule is CC(C)(O)C(C)(C)OSc1ccc2[nH]c3c4c(ccc3c2c1)-c1ccccc1C4=O. The molecule has 0 spiro atoms. The van der Waals surface area contributed by atoms with Crippen LogP contribution in [0.4, 0.5) is 0 Å². The number of aromatic nitrogens is 1. The van der Waals surface area contributed by atoms with E-state index < -0.39 is 11.2 Å². The number of rotatable bonds is 4. The molecule has 0 fully saturated rings. The summed E-state index contributed by atoms with van der Waals surface area (Å²) in [5.41, 5.74) is 3.66. The van der Waals surface area contributed by atoms with Crippen LogP contribution in [0.3, 0.4) is 0 Å². The average molecular weight is 418 g/mol. The van der Waals surface area contributed by atoms with Gasteiger partial charge in [-0.25, -0.2) is 0 Å². The first-order valence-corrected chi connectivity index (χ1v) is 10.7. The quantitative estimate of drug-likeness (QED) is 0.347. The van der Waals surface area contributed by atoms with Crippen molar-refractivity contribution in [1.82, 2.24) is 4.98 Å². The molecule has 0 bridgehead atoms. The number of carbonyl (C=O) groups is 1. The number of aliphatic hydroxyl groups is 1. The van der Waals surface area contributed by atoms with E-state index in [4.69, 9.17) is 4.18 Å². The van der Waals surface area contributed by atoms with E-state index in [-0.39, 0.29) is 5.78 Å². The van der Waals surface area contributed by atoms with Gasteiger partial charge in [-0.3, -0.25) is 4.79 Å². The van der Waals surface area contributed by atoms with Crippen molar-refractivity contribution in [3.8, 4) is 11.1 Å². The number of hydrogen-bond acceptors (Lipinski definition) is 4. The first kappa shape index (κ1) is 19.4. The first-order valence-electron chi connectivity index (χ1n) is 9.98. The molecule has 1 aromatic heterocycles. The van der Waals surface area contributed by atoms with Crippen molar-refractivity contribution < 1.29 is 14.1 Å². The van der Waals surface area contributed by atoms with Crippen LogP contribution in [0, 0.1) is 0 Å². The molecule has 3 aromatic carbocycles. The van der Waals surface area contributed by atoms with Gasteiger partial charge < -0.3 is 14.3 Å². The molecule has 30 heavy (non-hydrogen) atoms. The molecular formula is C25H23NO3S. The van der Waals surface area contributed by atoms with Gasteiger partial charge in [0, 0.05) is 38.8 Å². The molecule has 0 unspecified atom stereocenters. The topological polar surface area (TPSA) is 62.3 Å². The molecule has 5 heteroatoms. The molecule has 0 atom stereocenters. The van der Waals surface area contributed by atoms with Crippen LogP contribution in [0.25, 0.3) is 32.9 Å². The Morgan fingerprint density at radius 1 is 0.900 bits per heavy atom. The Bertz CT molecular complexity index is 1330. The van der Waals surface area contributed by atoms with Crippen LogP contribution in [0.1, 0.15) is 43.6 Å². The highest BCUT2D eigenvalue weighted by atomic mass is 32.2. The maximum Gasteiger partial charge on any atom is 0.196 e. The number of nitrogens with one attached hydrogen (secondary N) is 1. The third-order valence-electron chi connectivity index (χ3n) is 6.25. The summed E-state index contributed by atoms with van der Waals surface area (Å²) in [6.07, 6.45) is 0. The van der Waals surface area contributed by atoms with Gasteiger partial charge in [0.05, 0.1) is 16.7 Å². The zero-order valence-electron chi connectivity index (χ0n) is 17.4. The monoisotopic (exact) mass is 417 g/mol. The molecule has 0 saturated heterocycles. The summed E-state index contributed by atoms with van der Waals surface area (Å²) in [5.74, 6) is 0.0719. The Kier molecular flexibility index (Phi) is 4.16. The fourth-order valence-electron chi connectivity index (χ4n) is 3.76. The normalized spacial score (nSPS) is 13.8. The van der Waals surface area contributed by atoms with Crippen LogP contribution >= 0.6 is 12.0 Å². The summed E-state index contributed by atoms with van der Waals surface area (Å²) in [5, 5.41) is 12.4. The van der Waals surface area contributed by atoms with Gasteiger partial charge in [0.2, 0.25) is 0 Å². The Hall–Kier alpha value is -2.60. The maximum atomic E-state index is 13.1. The summed E-state index contributed by atoms with van der Waals surface area (Å²) >= 11 is 1.26. The van der Waals surface area contributed by atoms with E-state index in [2.05, 4.69) is 17.1 Å². The van der Waals surface area contributed by atoms with E-state index in [1.807, 2.05) is 56.3 Å². The second-order valence-corrected chi connectivity index (χ2v) is 9.66. The molecule has 1 aliphatic carbocycles. The predicted octanol–water partition coefficient (Wildman–Crippen LogP) is 6.11. The molecule has 5 rings (SSSR count). The summed E-state index contributed by atoms with van der Waals surface area (Å²) in [6, 6.07) is 18.0. The van der Waals surface area contributed by atoms with Gasteiger partial charge in [-0.1, -0.05) is 36.4 Å². The van der Waals surface area contributed by atoms with E-state index in [1.165, 1.54) is 12.0 Å². The second-order valence-electron chi connectivity index (χ2n) is 8.85. The molecule has 0 saturated carbocycles. The number of carbonyl (C=O) groups excluding carboxylic acids is 1. The van der Waals surface area contributed by atoms with Crippen molar-refractivity contribution in [3.05, 3.63) is 65.7 Å². The summed E-state index contributed by atoms with van der Waals surface area (Å²) in [6.45, 7) is 7.23. The summed E-state index contributed by atoms with van der Waals surface area (Å²) < 4.78 is 5.95. The minimum absolute atomic E-state index is 0.0719. The van der Waals surface area contributed by atoms with Crippen molar-refractivity contribution in [3.63, 3.8) is 0 Å². The number of aromatic amines is 1. The Labute approximate surface area is 179 Å². The number of ketones is 1. The first-order chi connectivity index (χ1) is 14.2. The van der Waals surface area contributed by atoms with Gasteiger partial charge in [-0.15, -0.1) is 0 Å². The Morgan fingerprint density at radius 2 is 1.63 bits per heavy atom. The van der Waals surface area contributed by atoms with E-state index >= 15 is 0 Å². The van der Waals surface area contributed by atoms with E-state index in [0.29, 0.717) is 0 Å². The molecular weight excluding hydrogens is 394 g/mol. The largest absolute Gasteiger partial charge is 0.387 e.